The molecule has 6 nitrogen and oxygen atoms in total. The Kier molecular flexibility index (Phi) is 5.16. The van der Waals surface area contributed by atoms with Crippen LogP contribution in [0.25, 0.3) is 0 Å². The van der Waals surface area contributed by atoms with Crippen LogP contribution in [0.15, 0.2) is 36.4 Å². The highest BCUT2D eigenvalue weighted by Crippen LogP contribution is 2.50. The van der Waals surface area contributed by atoms with Crippen LogP contribution in [0, 0.1) is 0 Å². The number of hydrogen-bond acceptors (Lipinski definition) is 6. The van der Waals surface area contributed by atoms with Crippen LogP contribution in [-0.2, 0) is 14.2 Å². The summed E-state index contributed by atoms with van der Waals surface area (Å²) in [5.41, 5.74) is 4.04. The molecule has 1 fully saturated rings. The topological polar surface area (TPSA) is 88.4 Å². The van der Waals surface area contributed by atoms with Gasteiger partial charge in [0, 0.05) is 31.8 Å². The first kappa shape index (κ1) is 19.4. The Hall–Kier alpha value is -1.96. The second-order valence-electron chi connectivity index (χ2n) is 7.49. The van der Waals surface area contributed by atoms with Crippen LogP contribution in [0.3, 0.4) is 0 Å². The molecule has 0 bridgehead atoms. The van der Waals surface area contributed by atoms with Crippen LogP contribution < -0.4 is 0 Å². The molecule has 2 aromatic rings. The first-order valence-electron chi connectivity index (χ1n) is 9.49. The Bertz CT molecular complexity index is 854. The quantitative estimate of drug-likeness (QED) is 0.752. The average Bonchev–Trinajstić information content (AvgIpc) is 2.70. The summed E-state index contributed by atoms with van der Waals surface area (Å²) in [6, 6.07) is 11.6. The van der Waals surface area contributed by atoms with Gasteiger partial charge in [-0.2, -0.15) is 0 Å². The molecule has 0 amide bonds. The molecule has 0 radical (unpaired) electrons. The van der Waals surface area contributed by atoms with E-state index in [-0.39, 0.29) is 18.3 Å². The summed E-state index contributed by atoms with van der Waals surface area (Å²) in [5, 5.41) is 31.3. The third-order valence-electron chi connectivity index (χ3n) is 5.92. The fourth-order valence-electron chi connectivity index (χ4n) is 4.48. The lowest BCUT2D eigenvalue weighted by atomic mass is 9.79. The predicted octanol–water partition coefficient (Wildman–Crippen LogP) is 2.75. The van der Waals surface area contributed by atoms with E-state index in [1.54, 1.807) is 21.1 Å². The molecule has 2 aliphatic rings. The lowest BCUT2D eigenvalue weighted by Crippen LogP contribution is -2.44. The number of fused-ring (bicyclic) bond motifs is 2. The van der Waals surface area contributed by atoms with Crippen molar-refractivity contribution in [3.05, 3.63) is 64.2 Å². The molecule has 28 heavy (non-hydrogen) atoms. The number of rotatable bonds is 3. The lowest BCUT2D eigenvalue weighted by Gasteiger charge is -2.38. The first-order valence-corrected chi connectivity index (χ1v) is 9.49. The molecule has 2 unspecified atom stereocenters. The van der Waals surface area contributed by atoms with Crippen molar-refractivity contribution in [3.8, 4) is 5.75 Å². The fraction of sp³-hybridized carbons (Fsp3) is 0.455. The Morgan fingerprint density at radius 3 is 2.11 bits per heavy atom. The number of phenolic OH excluding ortho intramolecular Hbond substituents is 1. The van der Waals surface area contributed by atoms with E-state index in [4.69, 9.17) is 14.2 Å². The van der Waals surface area contributed by atoms with Crippen LogP contribution in [-0.4, -0.2) is 47.9 Å². The third kappa shape index (κ3) is 2.93. The normalized spacial score (nSPS) is 31.9. The van der Waals surface area contributed by atoms with Gasteiger partial charge in [0.15, 0.2) is 0 Å². The van der Waals surface area contributed by atoms with E-state index in [1.807, 2.05) is 36.4 Å². The van der Waals surface area contributed by atoms with Gasteiger partial charge >= 0.3 is 0 Å². The van der Waals surface area contributed by atoms with Crippen molar-refractivity contribution >= 4 is 0 Å². The van der Waals surface area contributed by atoms with Gasteiger partial charge in [0.2, 0.25) is 0 Å². The number of hydrogen-bond donors (Lipinski definition) is 3. The zero-order valence-electron chi connectivity index (χ0n) is 16.2. The molecule has 6 atom stereocenters. The monoisotopic (exact) mass is 386 g/mol. The second kappa shape index (κ2) is 7.46. The summed E-state index contributed by atoms with van der Waals surface area (Å²) in [6.07, 6.45) is -3.43. The molecular formula is C22H26O6. The average molecular weight is 386 g/mol. The maximum Gasteiger partial charge on any atom is 0.127 e. The molecule has 1 aliphatic carbocycles. The van der Waals surface area contributed by atoms with Crippen molar-refractivity contribution < 1.29 is 29.5 Å². The highest BCUT2D eigenvalue weighted by molar-refractivity contribution is 5.58. The molecule has 1 heterocycles. The van der Waals surface area contributed by atoms with Crippen LogP contribution in [0.2, 0.25) is 0 Å². The maximum atomic E-state index is 11.2. The van der Waals surface area contributed by atoms with Gasteiger partial charge in [0.05, 0.1) is 18.3 Å². The highest BCUT2D eigenvalue weighted by atomic mass is 16.5. The Morgan fingerprint density at radius 1 is 0.893 bits per heavy atom. The van der Waals surface area contributed by atoms with Gasteiger partial charge in [0.1, 0.15) is 24.1 Å². The number of aliphatic hydroxyl groups is 2. The smallest absolute Gasteiger partial charge is 0.127 e. The van der Waals surface area contributed by atoms with Gasteiger partial charge in [-0.15, -0.1) is 0 Å². The van der Waals surface area contributed by atoms with Crippen molar-refractivity contribution in [1.82, 2.24) is 0 Å². The Labute approximate surface area is 164 Å². The molecule has 0 aromatic heterocycles. The van der Waals surface area contributed by atoms with Gasteiger partial charge in [-0.1, -0.05) is 36.4 Å². The molecule has 4 rings (SSSR count). The van der Waals surface area contributed by atoms with Gasteiger partial charge < -0.3 is 29.5 Å². The zero-order valence-corrected chi connectivity index (χ0v) is 16.2. The van der Waals surface area contributed by atoms with Crippen LogP contribution in [0.4, 0.5) is 0 Å². The highest BCUT2D eigenvalue weighted by Gasteiger charge is 2.39. The number of aromatic hydroxyl groups is 1. The number of aliphatic hydroxyl groups excluding tert-OH is 2. The Morgan fingerprint density at radius 2 is 1.50 bits per heavy atom. The predicted molar refractivity (Wildman–Crippen MR) is 102 cm³/mol. The van der Waals surface area contributed by atoms with E-state index in [0.717, 1.165) is 16.7 Å². The zero-order chi connectivity index (χ0) is 20.0. The van der Waals surface area contributed by atoms with Gasteiger partial charge in [0.25, 0.3) is 0 Å². The molecule has 0 saturated carbocycles. The number of phenols is 1. The summed E-state index contributed by atoms with van der Waals surface area (Å²) < 4.78 is 17.4. The van der Waals surface area contributed by atoms with Crippen LogP contribution in [0.5, 0.6) is 5.75 Å². The minimum absolute atomic E-state index is 0.0849. The lowest BCUT2D eigenvalue weighted by molar-refractivity contribution is -0.163. The molecule has 0 spiro atoms. The van der Waals surface area contributed by atoms with E-state index in [1.165, 1.54) is 0 Å². The summed E-state index contributed by atoms with van der Waals surface area (Å²) in [5.74, 6) is 0.0849. The molecule has 6 heteroatoms. The largest absolute Gasteiger partial charge is 0.507 e. The van der Waals surface area contributed by atoms with Crippen molar-refractivity contribution in [2.45, 2.75) is 50.0 Å². The minimum atomic E-state index is -0.938. The number of methoxy groups -OCH3 is 2. The molecule has 1 saturated heterocycles. The van der Waals surface area contributed by atoms with Crippen molar-refractivity contribution in [3.63, 3.8) is 0 Å². The van der Waals surface area contributed by atoms with Crippen molar-refractivity contribution in [2.24, 2.45) is 0 Å². The standard InChI is InChI=1S/C22H26O6/c1-11-19(24)16(23)10-17(28-11)14-8-9-15-18(20(14)25)22(27-3)13-7-5-4-6-12(13)21(15)26-2/h4-9,11,16-17,19,21-25H,10H2,1-3H3/t11-,16-,17-,19-,21?,22?/m1/s1. The van der Waals surface area contributed by atoms with Gasteiger partial charge in [-0.3, -0.25) is 0 Å². The van der Waals surface area contributed by atoms with E-state index in [2.05, 4.69) is 0 Å². The molecular weight excluding hydrogens is 360 g/mol. The summed E-state index contributed by atoms with van der Waals surface area (Å²) in [6.45, 7) is 1.71. The molecule has 3 N–H and O–H groups in total. The number of ether oxygens (including phenoxy) is 3. The van der Waals surface area contributed by atoms with Gasteiger partial charge in [-0.05, 0) is 23.6 Å². The van der Waals surface area contributed by atoms with E-state index < -0.39 is 30.5 Å². The first-order chi connectivity index (χ1) is 13.5. The summed E-state index contributed by atoms with van der Waals surface area (Å²) in [7, 11) is 3.26. The second-order valence-corrected chi connectivity index (χ2v) is 7.49. The Balaban J connectivity index is 1.82. The minimum Gasteiger partial charge on any atom is -0.507 e. The molecule has 150 valence electrons. The summed E-state index contributed by atoms with van der Waals surface area (Å²) >= 11 is 0. The van der Waals surface area contributed by atoms with Crippen molar-refractivity contribution in [1.29, 1.82) is 0 Å². The van der Waals surface area contributed by atoms with Crippen molar-refractivity contribution in [2.75, 3.05) is 14.2 Å². The van der Waals surface area contributed by atoms with Gasteiger partial charge in [-0.25, -0.2) is 0 Å². The SMILES string of the molecule is COC1c2ccccc2C(OC)c2c1ccc([C@H]1C[C@@H](O)[C@H](O)[C@@H](C)O1)c2O. The van der Waals surface area contributed by atoms with Crippen LogP contribution in [0.1, 0.15) is 59.5 Å². The van der Waals surface area contributed by atoms with E-state index >= 15 is 0 Å². The molecule has 2 aromatic carbocycles. The molecule has 1 aliphatic heterocycles. The third-order valence-corrected chi connectivity index (χ3v) is 5.92. The van der Waals surface area contributed by atoms with E-state index in [9.17, 15) is 15.3 Å². The maximum absolute atomic E-state index is 11.2. The van der Waals surface area contributed by atoms with E-state index in [0.29, 0.717) is 11.1 Å². The van der Waals surface area contributed by atoms with Crippen LogP contribution >= 0.6 is 0 Å². The summed E-state index contributed by atoms with van der Waals surface area (Å²) in [4.78, 5) is 0. The number of benzene rings is 2. The fourth-order valence-corrected chi connectivity index (χ4v) is 4.48.